The number of fused-ring (bicyclic) bond motifs is 1. The molecule has 2 aromatic rings. The molecule has 0 unspecified atom stereocenters. The molecule has 29 heavy (non-hydrogen) atoms. The molecule has 4 rings (SSSR count). The Morgan fingerprint density at radius 2 is 2.00 bits per heavy atom. The average Bonchev–Trinajstić information content (AvgIpc) is 3.27. The van der Waals surface area contributed by atoms with Crippen LogP contribution in [0.2, 0.25) is 5.02 Å². The van der Waals surface area contributed by atoms with Crippen LogP contribution in [-0.2, 0) is 20.8 Å². The second-order valence-electron chi connectivity index (χ2n) is 7.25. The van der Waals surface area contributed by atoms with Gasteiger partial charge in [0, 0.05) is 42.8 Å². The Kier molecular flexibility index (Phi) is 5.00. The molecule has 2 aliphatic rings. The van der Waals surface area contributed by atoms with Gasteiger partial charge in [0.05, 0.1) is 11.6 Å². The Morgan fingerprint density at radius 1 is 1.21 bits per heavy atom. The van der Waals surface area contributed by atoms with E-state index >= 15 is 0 Å². The van der Waals surface area contributed by atoms with Gasteiger partial charge in [0.15, 0.2) is 0 Å². The number of nitrogens with zero attached hydrogens (tertiary/aromatic N) is 2. The molecule has 0 spiro atoms. The van der Waals surface area contributed by atoms with Gasteiger partial charge >= 0.3 is 0 Å². The lowest BCUT2D eigenvalue weighted by molar-refractivity contribution is -0.122. The Bertz CT molecular complexity index is 1030. The molecule has 1 atom stereocenters. The van der Waals surface area contributed by atoms with Crippen molar-refractivity contribution in [1.82, 2.24) is 0 Å². The Hall–Kier alpha value is -2.93. The molecule has 150 valence electrons. The summed E-state index contributed by atoms with van der Waals surface area (Å²) in [5, 5.41) is 2.83. The Labute approximate surface area is 172 Å². The molecule has 2 heterocycles. The SMILES string of the molecule is CC(=O)N1CCc2cc(N3C[C@@H](C(=O)Nc4cc(Cl)ccc4F)CC3=O)ccc21. The minimum atomic E-state index is -0.595. The number of nitrogens with one attached hydrogen (secondary N) is 1. The third-order valence-electron chi connectivity index (χ3n) is 5.33. The van der Waals surface area contributed by atoms with E-state index in [1.54, 1.807) is 15.9 Å². The lowest BCUT2D eigenvalue weighted by atomic mass is 10.1. The topological polar surface area (TPSA) is 69.7 Å². The van der Waals surface area contributed by atoms with Gasteiger partial charge in [0.2, 0.25) is 17.7 Å². The average molecular weight is 416 g/mol. The molecule has 6 nitrogen and oxygen atoms in total. The van der Waals surface area contributed by atoms with Crippen molar-refractivity contribution in [2.24, 2.45) is 5.92 Å². The highest BCUT2D eigenvalue weighted by Gasteiger charge is 2.36. The predicted octanol–water partition coefficient (Wildman–Crippen LogP) is 3.38. The maximum atomic E-state index is 13.9. The first-order chi connectivity index (χ1) is 13.8. The molecule has 1 N–H and O–H groups in total. The van der Waals surface area contributed by atoms with Crippen LogP contribution in [0.3, 0.4) is 0 Å². The van der Waals surface area contributed by atoms with Crippen molar-refractivity contribution in [3.05, 3.63) is 52.8 Å². The number of anilines is 3. The zero-order chi connectivity index (χ0) is 20.7. The van der Waals surface area contributed by atoms with Crippen molar-refractivity contribution in [1.29, 1.82) is 0 Å². The Balaban J connectivity index is 1.49. The number of hydrogen-bond acceptors (Lipinski definition) is 3. The first-order valence-electron chi connectivity index (χ1n) is 9.31. The highest BCUT2D eigenvalue weighted by molar-refractivity contribution is 6.30. The maximum absolute atomic E-state index is 13.9. The van der Waals surface area contributed by atoms with Gasteiger partial charge in [0.25, 0.3) is 0 Å². The van der Waals surface area contributed by atoms with E-state index in [0.29, 0.717) is 17.3 Å². The first kappa shape index (κ1) is 19.4. The van der Waals surface area contributed by atoms with Crippen LogP contribution in [0.15, 0.2) is 36.4 Å². The van der Waals surface area contributed by atoms with Crippen LogP contribution in [0.4, 0.5) is 21.5 Å². The van der Waals surface area contributed by atoms with E-state index in [4.69, 9.17) is 11.6 Å². The Morgan fingerprint density at radius 3 is 2.76 bits per heavy atom. The number of carbonyl (C=O) groups is 3. The van der Waals surface area contributed by atoms with Crippen molar-refractivity contribution in [2.45, 2.75) is 19.8 Å². The van der Waals surface area contributed by atoms with Crippen LogP contribution < -0.4 is 15.1 Å². The molecule has 0 saturated carbocycles. The predicted molar refractivity (Wildman–Crippen MR) is 109 cm³/mol. The van der Waals surface area contributed by atoms with Crippen LogP contribution in [0, 0.1) is 11.7 Å². The van der Waals surface area contributed by atoms with Crippen LogP contribution in [-0.4, -0.2) is 30.8 Å². The van der Waals surface area contributed by atoms with Gasteiger partial charge < -0.3 is 15.1 Å². The number of amides is 3. The molecule has 8 heteroatoms. The first-order valence-corrected chi connectivity index (χ1v) is 9.68. The molecule has 0 bridgehead atoms. The number of carbonyl (C=O) groups excluding carboxylic acids is 3. The summed E-state index contributed by atoms with van der Waals surface area (Å²) in [6.45, 7) is 2.36. The minimum Gasteiger partial charge on any atom is -0.323 e. The third-order valence-corrected chi connectivity index (χ3v) is 5.57. The normalized spacial score (nSPS) is 18.2. The molecule has 1 saturated heterocycles. The largest absolute Gasteiger partial charge is 0.323 e. The van der Waals surface area contributed by atoms with Gasteiger partial charge in [-0.3, -0.25) is 14.4 Å². The highest BCUT2D eigenvalue weighted by Crippen LogP contribution is 2.34. The van der Waals surface area contributed by atoms with Gasteiger partial charge in [-0.1, -0.05) is 11.6 Å². The maximum Gasteiger partial charge on any atom is 0.229 e. The second kappa shape index (κ2) is 7.48. The van der Waals surface area contributed by atoms with Gasteiger partial charge in [-0.05, 0) is 48.4 Å². The van der Waals surface area contributed by atoms with Gasteiger partial charge in [-0.15, -0.1) is 0 Å². The molecule has 3 amide bonds. The van der Waals surface area contributed by atoms with Crippen LogP contribution in [0.5, 0.6) is 0 Å². The molecule has 2 aromatic carbocycles. The zero-order valence-corrected chi connectivity index (χ0v) is 16.5. The smallest absolute Gasteiger partial charge is 0.229 e. The lowest BCUT2D eigenvalue weighted by Crippen LogP contribution is -2.28. The number of halogens is 2. The van der Waals surface area contributed by atoms with E-state index < -0.39 is 17.6 Å². The molecule has 2 aliphatic heterocycles. The summed E-state index contributed by atoms with van der Waals surface area (Å²) in [4.78, 5) is 40.1. The standard InChI is InChI=1S/C21H19ClFN3O3/c1-12(27)25-7-6-13-8-16(3-5-19(13)25)26-11-14(9-20(26)28)21(29)24-18-10-15(22)2-4-17(18)23/h2-5,8,10,14H,6-7,9,11H2,1H3,(H,24,29)/t14-/m0/s1. The molecular formula is C21H19ClFN3O3. The van der Waals surface area contributed by atoms with Gasteiger partial charge in [-0.25, -0.2) is 4.39 Å². The lowest BCUT2D eigenvalue weighted by Gasteiger charge is -2.19. The fourth-order valence-electron chi connectivity index (χ4n) is 3.84. The summed E-state index contributed by atoms with van der Waals surface area (Å²) in [5.74, 6) is -1.79. The van der Waals surface area contributed by atoms with Crippen molar-refractivity contribution in [2.75, 3.05) is 28.2 Å². The number of rotatable bonds is 3. The van der Waals surface area contributed by atoms with Gasteiger partial charge in [0.1, 0.15) is 5.82 Å². The van der Waals surface area contributed by atoms with E-state index in [1.807, 2.05) is 12.1 Å². The van der Waals surface area contributed by atoms with E-state index in [0.717, 1.165) is 17.7 Å². The molecule has 0 aliphatic carbocycles. The summed E-state index contributed by atoms with van der Waals surface area (Å²) < 4.78 is 13.9. The zero-order valence-electron chi connectivity index (χ0n) is 15.7. The molecule has 0 radical (unpaired) electrons. The fourth-order valence-corrected chi connectivity index (χ4v) is 4.02. The molecule has 1 fully saturated rings. The monoisotopic (exact) mass is 415 g/mol. The highest BCUT2D eigenvalue weighted by atomic mass is 35.5. The van der Waals surface area contributed by atoms with Crippen molar-refractivity contribution in [3.8, 4) is 0 Å². The number of benzene rings is 2. The van der Waals surface area contributed by atoms with Crippen molar-refractivity contribution >= 4 is 46.4 Å². The number of hydrogen-bond donors (Lipinski definition) is 1. The summed E-state index contributed by atoms with van der Waals surface area (Å²) >= 11 is 5.86. The van der Waals surface area contributed by atoms with E-state index in [-0.39, 0.29) is 30.5 Å². The third kappa shape index (κ3) is 3.70. The summed E-state index contributed by atoms with van der Waals surface area (Å²) in [7, 11) is 0. The van der Waals surface area contributed by atoms with Crippen LogP contribution in [0.1, 0.15) is 18.9 Å². The van der Waals surface area contributed by atoms with E-state index in [2.05, 4.69) is 5.32 Å². The summed E-state index contributed by atoms with van der Waals surface area (Å²) in [5.41, 5.74) is 2.55. The second-order valence-corrected chi connectivity index (χ2v) is 7.69. The minimum absolute atomic E-state index is 0.00439. The van der Waals surface area contributed by atoms with E-state index in [1.165, 1.54) is 25.1 Å². The van der Waals surface area contributed by atoms with E-state index in [9.17, 15) is 18.8 Å². The van der Waals surface area contributed by atoms with Gasteiger partial charge in [-0.2, -0.15) is 0 Å². The summed E-state index contributed by atoms with van der Waals surface area (Å²) in [6.07, 6.45) is 0.771. The van der Waals surface area contributed by atoms with Crippen molar-refractivity contribution < 1.29 is 18.8 Å². The summed E-state index contributed by atoms with van der Waals surface area (Å²) in [6, 6.07) is 9.43. The quantitative estimate of drug-likeness (QED) is 0.835. The molecule has 0 aromatic heterocycles. The molecular weight excluding hydrogens is 397 g/mol. The van der Waals surface area contributed by atoms with Crippen molar-refractivity contribution in [3.63, 3.8) is 0 Å². The van der Waals surface area contributed by atoms with Crippen LogP contribution in [0.25, 0.3) is 0 Å². The van der Waals surface area contributed by atoms with Crippen LogP contribution >= 0.6 is 11.6 Å². The fraction of sp³-hybridized carbons (Fsp3) is 0.286.